The summed E-state index contributed by atoms with van der Waals surface area (Å²) in [5.41, 5.74) is -1.52. The Morgan fingerprint density at radius 3 is 2.57 bits per heavy atom. The number of aromatic nitrogens is 2. The van der Waals surface area contributed by atoms with Crippen LogP contribution in [0.2, 0.25) is 0 Å². The second kappa shape index (κ2) is 3.81. The Bertz CT molecular complexity index is 330. The van der Waals surface area contributed by atoms with E-state index in [2.05, 4.69) is 5.10 Å². The highest BCUT2D eigenvalue weighted by atomic mass is 19.4. The van der Waals surface area contributed by atoms with Gasteiger partial charge in [0, 0.05) is 12.7 Å². The molecule has 0 atom stereocenters. The van der Waals surface area contributed by atoms with E-state index in [-0.39, 0.29) is 6.29 Å². The molecular weight excluding hydrogens is 197 g/mol. The molecule has 0 aromatic carbocycles. The van der Waals surface area contributed by atoms with Crippen LogP contribution in [0.15, 0.2) is 6.20 Å². The molecule has 0 bridgehead atoms. The number of hydrogen-bond donors (Lipinski definition) is 0. The smallest absolute Gasteiger partial charge is 0.298 e. The van der Waals surface area contributed by atoms with Gasteiger partial charge in [0.2, 0.25) is 0 Å². The molecule has 1 rings (SSSR count). The summed E-state index contributed by atoms with van der Waals surface area (Å²) in [6.45, 7) is 2.19. The summed E-state index contributed by atoms with van der Waals surface area (Å²) in [6, 6.07) is 0. The first-order valence-corrected chi connectivity index (χ1v) is 4.09. The zero-order valence-corrected chi connectivity index (χ0v) is 7.51. The highest BCUT2D eigenvalue weighted by Gasteiger charge is 2.36. The summed E-state index contributed by atoms with van der Waals surface area (Å²) in [7, 11) is 0. The summed E-state index contributed by atoms with van der Waals surface area (Å²) in [4.78, 5) is 10.3. The monoisotopic (exact) mass is 206 g/mol. The van der Waals surface area contributed by atoms with Crippen molar-refractivity contribution in [3.8, 4) is 0 Å². The van der Waals surface area contributed by atoms with Crippen LogP contribution >= 0.6 is 0 Å². The van der Waals surface area contributed by atoms with Gasteiger partial charge in [0.15, 0.2) is 12.0 Å². The number of hydrogen-bond acceptors (Lipinski definition) is 2. The molecule has 0 unspecified atom stereocenters. The minimum atomic E-state index is -4.56. The van der Waals surface area contributed by atoms with E-state index in [1.807, 2.05) is 6.92 Å². The zero-order valence-electron chi connectivity index (χ0n) is 7.51. The van der Waals surface area contributed by atoms with Crippen molar-refractivity contribution in [2.75, 3.05) is 0 Å². The first kappa shape index (κ1) is 10.7. The Morgan fingerprint density at radius 1 is 1.57 bits per heavy atom. The van der Waals surface area contributed by atoms with Gasteiger partial charge in [0.05, 0.1) is 5.56 Å². The molecule has 0 saturated heterocycles. The van der Waals surface area contributed by atoms with Crippen LogP contribution in [-0.4, -0.2) is 16.1 Å². The first-order valence-electron chi connectivity index (χ1n) is 4.09. The SMILES string of the molecule is CCCn1cc(C=O)c(C(F)(F)F)n1. The fourth-order valence-corrected chi connectivity index (χ4v) is 1.09. The largest absolute Gasteiger partial charge is 0.435 e. The van der Waals surface area contributed by atoms with E-state index in [0.29, 0.717) is 13.0 Å². The molecule has 78 valence electrons. The van der Waals surface area contributed by atoms with Gasteiger partial charge in [-0.2, -0.15) is 18.3 Å². The van der Waals surface area contributed by atoms with Crippen LogP contribution in [0, 0.1) is 0 Å². The number of nitrogens with zero attached hydrogens (tertiary/aromatic N) is 2. The van der Waals surface area contributed by atoms with Crippen LogP contribution in [0.1, 0.15) is 29.4 Å². The molecule has 0 aliphatic carbocycles. The van der Waals surface area contributed by atoms with Crippen LogP contribution in [0.5, 0.6) is 0 Å². The number of aldehydes is 1. The summed E-state index contributed by atoms with van der Waals surface area (Å²) in [5, 5.41) is 3.30. The maximum absolute atomic E-state index is 12.3. The lowest BCUT2D eigenvalue weighted by Gasteiger charge is -2.01. The molecule has 6 heteroatoms. The third-order valence-electron chi connectivity index (χ3n) is 1.64. The van der Waals surface area contributed by atoms with Crippen molar-refractivity contribution in [1.82, 2.24) is 9.78 Å². The first-order chi connectivity index (χ1) is 6.49. The van der Waals surface area contributed by atoms with E-state index in [1.54, 1.807) is 0 Å². The van der Waals surface area contributed by atoms with Crippen LogP contribution in [0.4, 0.5) is 13.2 Å². The molecule has 14 heavy (non-hydrogen) atoms. The van der Waals surface area contributed by atoms with Crippen molar-refractivity contribution < 1.29 is 18.0 Å². The van der Waals surface area contributed by atoms with E-state index >= 15 is 0 Å². The molecule has 0 radical (unpaired) electrons. The molecule has 3 nitrogen and oxygen atoms in total. The molecule has 1 aromatic rings. The Morgan fingerprint density at radius 2 is 2.21 bits per heavy atom. The van der Waals surface area contributed by atoms with Crippen molar-refractivity contribution in [3.05, 3.63) is 17.5 Å². The van der Waals surface area contributed by atoms with E-state index in [9.17, 15) is 18.0 Å². The van der Waals surface area contributed by atoms with Crippen molar-refractivity contribution in [2.24, 2.45) is 0 Å². The van der Waals surface area contributed by atoms with Crippen molar-refractivity contribution in [3.63, 3.8) is 0 Å². The van der Waals surface area contributed by atoms with Gasteiger partial charge in [0.25, 0.3) is 0 Å². The molecule has 0 saturated carbocycles. The second-order valence-corrected chi connectivity index (χ2v) is 2.81. The maximum atomic E-state index is 12.3. The van der Waals surface area contributed by atoms with Crippen LogP contribution < -0.4 is 0 Å². The fourth-order valence-electron chi connectivity index (χ4n) is 1.09. The molecule has 0 N–H and O–H groups in total. The Balaban J connectivity index is 3.09. The predicted molar refractivity (Wildman–Crippen MR) is 42.9 cm³/mol. The lowest BCUT2D eigenvalue weighted by molar-refractivity contribution is -0.141. The van der Waals surface area contributed by atoms with Crippen LogP contribution in [0.25, 0.3) is 0 Å². The highest BCUT2D eigenvalue weighted by molar-refractivity contribution is 5.76. The third kappa shape index (κ3) is 2.12. The maximum Gasteiger partial charge on any atom is 0.435 e. The molecule has 0 fully saturated rings. The van der Waals surface area contributed by atoms with Gasteiger partial charge in [-0.1, -0.05) is 6.92 Å². The molecule has 0 spiro atoms. The molecule has 1 aromatic heterocycles. The van der Waals surface area contributed by atoms with E-state index in [4.69, 9.17) is 0 Å². The minimum Gasteiger partial charge on any atom is -0.298 e. The lowest BCUT2D eigenvalue weighted by atomic mass is 10.3. The van der Waals surface area contributed by atoms with Gasteiger partial charge >= 0.3 is 6.18 Å². The third-order valence-corrected chi connectivity index (χ3v) is 1.64. The van der Waals surface area contributed by atoms with Crippen LogP contribution in [0.3, 0.4) is 0 Å². The minimum absolute atomic E-state index is 0.169. The van der Waals surface area contributed by atoms with Gasteiger partial charge in [-0.05, 0) is 6.42 Å². The standard InChI is InChI=1S/C8H9F3N2O/c1-2-3-13-4-6(5-14)7(12-13)8(9,10)11/h4-5H,2-3H2,1H3. The Kier molecular flexibility index (Phi) is 2.93. The average molecular weight is 206 g/mol. The number of alkyl halides is 3. The molecule has 0 aliphatic heterocycles. The number of halogens is 3. The fraction of sp³-hybridized carbons (Fsp3) is 0.500. The Hall–Kier alpha value is -1.33. The Labute approximate surface area is 78.5 Å². The van der Waals surface area contributed by atoms with E-state index in [0.717, 1.165) is 10.9 Å². The summed E-state index contributed by atoms with van der Waals surface area (Å²) in [6.07, 6.45) is -2.62. The average Bonchev–Trinajstić information content (AvgIpc) is 2.47. The zero-order chi connectivity index (χ0) is 10.8. The highest BCUT2D eigenvalue weighted by Crippen LogP contribution is 2.29. The molecular formula is C8H9F3N2O. The molecule has 1 heterocycles. The summed E-state index contributed by atoms with van der Waals surface area (Å²) in [5.74, 6) is 0. The normalized spacial score (nSPS) is 11.7. The summed E-state index contributed by atoms with van der Waals surface area (Å²) >= 11 is 0. The predicted octanol–water partition coefficient (Wildman–Crippen LogP) is 2.12. The van der Waals surface area contributed by atoms with E-state index < -0.39 is 17.4 Å². The molecule has 0 aliphatic rings. The van der Waals surface area contributed by atoms with Gasteiger partial charge in [-0.3, -0.25) is 9.48 Å². The van der Waals surface area contributed by atoms with Gasteiger partial charge in [-0.15, -0.1) is 0 Å². The van der Waals surface area contributed by atoms with Gasteiger partial charge < -0.3 is 0 Å². The number of aryl methyl sites for hydroxylation is 1. The summed E-state index contributed by atoms with van der Waals surface area (Å²) < 4.78 is 37.9. The second-order valence-electron chi connectivity index (χ2n) is 2.81. The number of carbonyl (C=O) groups is 1. The molecule has 0 amide bonds. The number of rotatable bonds is 3. The quantitative estimate of drug-likeness (QED) is 0.710. The number of carbonyl (C=O) groups excluding carboxylic acids is 1. The van der Waals surface area contributed by atoms with Gasteiger partial charge in [0.1, 0.15) is 0 Å². The lowest BCUT2D eigenvalue weighted by Crippen LogP contribution is -2.09. The van der Waals surface area contributed by atoms with E-state index in [1.165, 1.54) is 0 Å². The topological polar surface area (TPSA) is 34.9 Å². The van der Waals surface area contributed by atoms with Crippen molar-refractivity contribution >= 4 is 6.29 Å². The van der Waals surface area contributed by atoms with Crippen molar-refractivity contribution in [1.29, 1.82) is 0 Å². The van der Waals surface area contributed by atoms with Crippen molar-refractivity contribution in [2.45, 2.75) is 26.1 Å². The van der Waals surface area contributed by atoms with Gasteiger partial charge in [-0.25, -0.2) is 0 Å². The van der Waals surface area contributed by atoms with Crippen LogP contribution in [-0.2, 0) is 12.7 Å².